The molecule has 0 aliphatic heterocycles. The summed E-state index contributed by atoms with van der Waals surface area (Å²) in [6, 6.07) is 11.5. The molecule has 0 saturated heterocycles. The van der Waals surface area contributed by atoms with Gasteiger partial charge in [-0.05, 0) is 24.3 Å². The monoisotopic (exact) mass is 285 g/mol. The average Bonchev–Trinajstić information content (AvgIpc) is 2.98. The van der Waals surface area contributed by atoms with Crippen molar-refractivity contribution >= 4 is 5.69 Å². The average molecular weight is 285 g/mol. The van der Waals surface area contributed by atoms with E-state index in [1.54, 1.807) is 12.1 Å². The second kappa shape index (κ2) is 5.12. The standard InChI is InChI=1S/C14H8FN3O3/c15-11-6-4-9(5-7-11)14-16-13(17-21-14)10-2-1-3-12(8-10)18(19)20/h1-8H. The molecule has 0 N–H and O–H groups in total. The summed E-state index contributed by atoms with van der Waals surface area (Å²) in [5.41, 5.74) is 0.988. The topological polar surface area (TPSA) is 82.1 Å². The van der Waals surface area contributed by atoms with Crippen LogP contribution in [0.5, 0.6) is 0 Å². The van der Waals surface area contributed by atoms with E-state index in [1.807, 2.05) is 0 Å². The molecule has 3 rings (SSSR count). The third-order valence-electron chi connectivity index (χ3n) is 2.83. The van der Waals surface area contributed by atoms with Crippen LogP contribution in [0.1, 0.15) is 0 Å². The van der Waals surface area contributed by atoms with Crippen molar-refractivity contribution < 1.29 is 13.8 Å². The molecule has 0 aliphatic rings. The summed E-state index contributed by atoms with van der Waals surface area (Å²) in [7, 11) is 0. The lowest BCUT2D eigenvalue weighted by Gasteiger charge is -1.94. The molecule has 1 heterocycles. The van der Waals surface area contributed by atoms with Crippen molar-refractivity contribution in [3.05, 3.63) is 64.5 Å². The van der Waals surface area contributed by atoms with Gasteiger partial charge in [-0.25, -0.2) is 4.39 Å². The Hall–Kier alpha value is -3.09. The molecule has 0 radical (unpaired) electrons. The van der Waals surface area contributed by atoms with Gasteiger partial charge in [-0.2, -0.15) is 4.98 Å². The lowest BCUT2D eigenvalue weighted by molar-refractivity contribution is -0.384. The molecule has 0 aliphatic carbocycles. The first-order valence-corrected chi connectivity index (χ1v) is 5.98. The molecular formula is C14H8FN3O3. The number of aromatic nitrogens is 2. The van der Waals surface area contributed by atoms with E-state index in [-0.39, 0.29) is 23.2 Å². The molecule has 2 aromatic carbocycles. The van der Waals surface area contributed by atoms with E-state index < -0.39 is 4.92 Å². The highest BCUT2D eigenvalue weighted by molar-refractivity contribution is 5.62. The Morgan fingerprint density at radius 3 is 2.57 bits per heavy atom. The van der Waals surface area contributed by atoms with Crippen LogP contribution in [0.15, 0.2) is 53.1 Å². The van der Waals surface area contributed by atoms with E-state index in [0.29, 0.717) is 11.1 Å². The van der Waals surface area contributed by atoms with Gasteiger partial charge in [-0.1, -0.05) is 17.3 Å². The minimum absolute atomic E-state index is 0.0550. The van der Waals surface area contributed by atoms with Gasteiger partial charge in [-0.3, -0.25) is 10.1 Å². The van der Waals surface area contributed by atoms with Gasteiger partial charge in [0.25, 0.3) is 11.6 Å². The predicted octanol–water partition coefficient (Wildman–Crippen LogP) is 3.45. The van der Waals surface area contributed by atoms with Gasteiger partial charge in [0.05, 0.1) is 4.92 Å². The first-order chi connectivity index (χ1) is 10.1. The predicted molar refractivity (Wildman–Crippen MR) is 71.8 cm³/mol. The summed E-state index contributed by atoms with van der Waals surface area (Å²) in [5.74, 6) is 0.0895. The number of nitro benzene ring substituents is 1. The van der Waals surface area contributed by atoms with Crippen LogP contribution in [0.2, 0.25) is 0 Å². The van der Waals surface area contributed by atoms with Crippen molar-refractivity contribution in [2.24, 2.45) is 0 Å². The molecule has 21 heavy (non-hydrogen) atoms. The minimum Gasteiger partial charge on any atom is -0.334 e. The van der Waals surface area contributed by atoms with E-state index in [2.05, 4.69) is 10.1 Å². The number of benzene rings is 2. The number of rotatable bonds is 3. The van der Waals surface area contributed by atoms with E-state index >= 15 is 0 Å². The van der Waals surface area contributed by atoms with Gasteiger partial charge in [0.15, 0.2) is 0 Å². The van der Waals surface area contributed by atoms with Crippen LogP contribution in [-0.2, 0) is 0 Å². The maximum atomic E-state index is 12.9. The summed E-state index contributed by atoms with van der Waals surface area (Å²) >= 11 is 0. The molecule has 3 aromatic rings. The molecule has 1 aromatic heterocycles. The van der Waals surface area contributed by atoms with Crippen LogP contribution in [-0.4, -0.2) is 15.1 Å². The van der Waals surface area contributed by atoms with Crippen LogP contribution in [0.25, 0.3) is 22.8 Å². The molecule has 0 bridgehead atoms. The summed E-state index contributed by atoms with van der Waals surface area (Å²) in [5, 5.41) is 14.5. The van der Waals surface area contributed by atoms with Crippen molar-refractivity contribution in [2.75, 3.05) is 0 Å². The van der Waals surface area contributed by atoms with Gasteiger partial charge in [0.1, 0.15) is 5.82 Å². The Balaban J connectivity index is 1.96. The Labute approximate surface area is 118 Å². The summed E-state index contributed by atoms with van der Waals surface area (Å²) in [6.07, 6.45) is 0. The fourth-order valence-corrected chi connectivity index (χ4v) is 1.81. The molecular weight excluding hydrogens is 277 g/mol. The molecule has 104 valence electrons. The zero-order valence-corrected chi connectivity index (χ0v) is 10.6. The van der Waals surface area contributed by atoms with Crippen molar-refractivity contribution in [3.63, 3.8) is 0 Å². The van der Waals surface area contributed by atoms with Crippen LogP contribution < -0.4 is 0 Å². The van der Waals surface area contributed by atoms with Crippen LogP contribution in [0.3, 0.4) is 0 Å². The smallest absolute Gasteiger partial charge is 0.270 e. The van der Waals surface area contributed by atoms with E-state index in [9.17, 15) is 14.5 Å². The number of hydrogen-bond acceptors (Lipinski definition) is 5. The van der Waals surface area contributed by atoms with Crippen molar-refractivity contribution in [1.29, 1.82) is 0 Å². The second-order valence-electron chi connectivity index (χ2n) is 4.24. The van der Waals surface area contributed by atoms with Gasteiger partial charge in [0, 0.05) is 23.3 Å². The summed E-state index contributed by atoms with van der Waals surface area (Å²) < 4.78 is 18.0. The number of non-ortho nitro benzene ring substituents is 1. The SMILES string of the molecule is O=[N+]([O-])c1cccc(-c2noc(-c3ccc(F)cc3)n2)c1. The molecule has 0 saturated carbocycles. The third kappa shape index (κ3) is 2.62. The molecule has 0 atom stereocenters. The van der Waals surface area contributed by atoms with E-state index in [0.717, 1.165) is 0 Å². The van der Waals surface area contributed by atoms with Crippen molar-refractivity contribution in [3.8, 4) is 22.8 Å². The minimum atomic E-state index is -0.496. The maximum Gasteiger partial charge on any atom is 0.270 e. The lowest BCUT2D eigenvalue weighted by atomic mass is 10.2. The van der Waals surface area contributed by atoms with Crippen LogP contribution in [0, 0.1) is 15.9 Å². The number of hydrogen-bond donors (Lipinski definition) is 0. The van der Waals surface area contributed by atoms with Crippen molar-refractivity contribution in [1.82, 2.24) is 10.1 Å². The zero-order valence-electron chi connectivity index (χ0n) is 10.6. The number of nitro groups is 1. The Morgan fingerprint density at radius 2 is 1.86 bits per heavy atom. The van der Waals surface area contributed by atoms with E-state index in [1.165, 1.54) is 36.4 Å². The lowest BCUT2D eigenvalue weighted by Crippen LogP contribution is -1.88. The summed E-state index contributed by atoms with van der Waals surface area (Å²) in [6.45, 7) is 0. The van der Waals surface area contributed by atoms with Crippen molar-refractivity contribution in [2.45, 2.75) is 0 Å². The Kier molecular flexibility index (Phi) is 3.15. The highest BCUT2D eigenvalue weighted by Gasteiger charge is 2.13. The molecule has 0 fully saturated rings. The second-order valence-corrected chi connectivity index (χ2v) is 4.24. The summed E-state index contributed by atoms with van der Waals surface area (Å²) in [4.78, 5) is 14.4. The van der Waals surface area contributed by atoms with Gasteiger partial charge >= 0.3 is 0 Å². The number of nitrogens with zero attached hydrogens (tertiary/aromatic N) is 3. The zero-order chi connectivity index (χ0) is 14.8. The Bertz CT molecular complexity index is 799. The highest BCUT2D eigenvalue weighted by Crippen LogP contribution is 2.24. The maximum absolute atomic E-state index is 12.9. The quantitative estimate of drug-likeness (QED) is 0.543. The van der Waals surface area contributed by atoms with E-state index in [4.69, 9.17) is 4.52 Å². The third-order valence-corrected chi connectivity index (χ3v) is 2.83. The van der Waals surface area contributed by atoms with Crippen LogP contribution in [0.4, 0.5) is 10.1 Å². The molecule has 6 nitrogen and oxygen atoms in total. The largest absolute Gasteiger partial charge is 0.334 e. The fraction of sp³-hybridized carbons (Fsp3) is 0. The Morgan fingerprint density at radius 1 is 1.10 bits per heavy atom. The highest BCUT2D eigenvalue weighted by atomic mass is 19.1. The van der Waals surface area contributed by atoms with Gasteiger partial charge in [0.2, 0.25) is 5.82 Å². The van der Waals surface area contributed by atoms with Crippen LogP contribution >= 0.6 is 0 Å². The molecule has 0 spiro atoms. The van der Waals surface area contributed by atoms with Gasteiger partial charge < -0.3 is 4.52 Å². The molecule has 0 amide bonds. The fourth-order valence-electron chi connectivity index (χ4n) is 1.81. The first-order valence-electron chi connectivity index (χ1n) is 5.98. The molecule has 7 heteroatoms. The first kappa shape index (κ1) is 12.9. The number of halogens is 1. The normalized spacial score (nSPS) is 10.5. The molecule has 0 unspecified atom stereocenters. The van der Waals surface area contributed by atoms with Gasteiger partial charge in [-0.15, -0.1) is 0 Å².